The molecule has 0 saturated heterocycles. The summed E-state index contributed by atoms with van der Waals surface area (Å²) in [6.07, 6.45) is 1.77. The highest BCUT2D eigenvalue weighted by Gasteiger charge is 2.17. The maximum Gasteiger partial charge on any atom is 0.199 e. The number of aromatic hydroxyl groups is 1. The normalized spacial score (nSPS) is 10.3. The van der Waals surface area contributed by atoms with Crippen LogP contribution in [0, 0.1) is 36.2 Å². The number of hydrogen-bond acceptors (Lipinski definition) is 5. The van der Waals surface area contributed by atoms with Crippen LogP contribution in [-0.2, 0) is 6.54 Å². The number of fused-ring (bicyclic) bond motifs is 1. The van der Waals surface area contributed by atoms with Gasteiger partial charge >= 0.3 is 0 Å². The van der Waals surface area contributed by atoms with Crippen LogP contribution in [0.25, 0.3) is 15.6 Å². The molecule has 0 fully saturated rings. The van der Waals surface area contributed by atoms with E-state index in [4.69, 9.17) is 16.6 Å². The fourth-order valence-electron chi connectivity index (χ4n) is 3.20. The third-order valence-electron chi connectivity index (χ3n) is 4.64. The average molecular weight is 394 g/mol. The van der Waals surface area contributed by atoms with E-state index in [1.165, 1.54) is 6.07 Å². The van der Waals surface area contributed by atoms with Crippen LogP contribution in [0.2, 0.25) is 0 Å². The highest BCUT2D eigenvalue weighted by atomic mass is 16.5. The van der Waals surface area contributed by atoms with Gasteiger partial charge in [0.05, 0.1) is 36.5 Å². The number of aromatic amines is 1. The monoisotopic (exact) mass is 394 g/mol. The molecule has 2 aromatic carbocycles. The van der Waals surface area contributed by atoms with E-state index in [1.807, 2.05) is 6.07 Å². The Labute approximate surface area is 171 Å². The highest BCUT2D eigenvalue weighted by molar-refractivity contribution is 5.89. The quantitative estimate of drug-likeness (QED) is 0.494. The molecule has 4 rings (SSSR count). The van der Waals surface area contributed by atoms with E-state index >= 15 is 0 Å². The van der Waals surface area contributed by atoms with E-state index in [0.29, 0.717) is 45.1 Å². The Morgan fingerprint density at radius 3 is 2.73 bits per heavy atom. The standard InChI is InChI=1S/C22H14N6O2/c1-13-21(30-18-6-15(10-24)5-17(8-18)25-2)20(27-26-13)12-28-11-16-4-3-14(9-23)7-19(16)22(28)29/h3-8,11,29H,12H2,1H3,(H,26,27). The van der Waals surface area contributed by atoms with Gasteiger partial charge in [-0.2, -0.15) is 15.6 Å². The number of rotatable bonds is 4. The van der Waals surface area contributed by atoms with Gasteiger partial charge in [-0.25, -0.2) is 4.85 Å². The van der Waals surface area contributed by atoms with Gasteiger partial charge in [0, 0.05) is 22.5 Å². The van der Waals surface area contributed by atoms with Crippen LogP contribution in [0.5, 0.6) is 17.4 Å². The second kappa shape index (κ2) is 7.35. The highest BCUT2D eigenvalue weighted by Crippen LogP contribution is 2.33. The van der Waals surface area contributed by atoms with E-state index in [1.54, 1.807) is 48.0 Å². The Morgan fingerprint density at radius 1 is 1.20 bits per heavy atom. The second-order valence-corrected chi connectivity index (χ2v) is 6.66. The van der Waals surface area contributed by atoms with E-state index in [-0.39, 0.29) is 12.4 Å². The van der Waals surface area contributed by atoms with Crippen LogP contribution < -0.4 is 4.74 Å². The molecule has 0 bridgehead atoms. The number of nitrogens with zero attached hydrogens (tertiary/aromatic N) is 5. The fourth-order valence-corrected chi connectivity index (χ4v) is 3.20. The first-order chi connectivity index (χ1) is 14.5. The molecule has 0 atom stereocenters. The minimum absolute atomic E-state index is 0.0236. The molecular weight excluding hydrogens is 380 g/mol. The van der Waals surface area contributed by atoms with Gasteiger partial charge in [-0.15, -0.1) is 0 Å². The maximum absolute atomic E-state index is 10.6. The van der Waals surface area contributed by atoms with Crippen molar-refractivity contribution in [2.45, 2.75) is 13.5 Å². The van der Waals surface area contributed by atoms with Gasteiger partial charge in [-0.3, -0.25) is 5.10 Å². The molecule has 0 spiro atoms. The van der Waals surface area contributed by atoms with Gasteiger partial charge < -0.3 is 14.4 Å². The molecule has 144 valence electrons. The molecule has 8 nitrogen and oxygen atoms in total. The fraction of sp³-hybridized carbons (Fsp3) is 0.0909. The maximum atomic E-state index is 10.6. The summed E-state index contributed by atoms with van der Waals surface area (Å²) in [6, 6.07) is 13.8. The minimum Gasteiger partial charge on any atom is -0.494 e. The zero-order chi connectivity index (χ0) is 21.3. The van der Waals surface area contributed by atoms with Crippen LogP contribution in [0.15, 0.2) is 42.6 Å². The summed E-state index contributed by atoms with van der Waals surface area (Å²) < 4.78 is 7.58. The molecule has 2 aromatic heterocycles. The Hall–Kier alpha value is -4.74. The van der Waals surface area contributed by atoms with Crippen molar-refractivity contribution in [3.8, 4) is 29.5 Å². The van der Waals surface area contributed by atoms with Crippen molar-refractivity contribution in [1.29, 1.82) is 10.5 Å². The Bertz CT molecular complexity index is 1380. The van der Waals surface area contributed by atoms with Gasteiger partial charge in [0.15, 0.2) is 17.3 Å². The van der Waals surface area contributed by atoms with Gasteiger partial charge in [0.25, 0.3) is 0 Å². The number of nitriles is 2. The van der Waals surface area contributed by atoms with Crippen LogP contribution in [0.3, 0.4) is 0 Å². The third-order valence-corrected chi connectivity index (χ3v) is 4.64. The number of nitrogens with one attached hydrogen (secondary N) is 1. The summed E-state index contributed by atoms with van der Waals surface area (Å²) >= 11 is 0. The molecule has 2 N–H and O–H groups in total. The smallest absolute Gasteiger partial charge is 0.199 e. The summed E-state index contributed by atoms with van der Waals surface area (Å²) in [5.41, 5.74) is 2.29. The summed E-state index contributed by atoms with van der Waals surface area (Å²) in [6.45, 7) is 9.20. The van der Waals surface area contributed by atoms with E-state index in [9.17, 15) is 10.4 Å². The Morgan fingerprint density at radius 2 is 2.00 bits per heavy atom. The number of H-pyrrole nitrogens is 1. The molecule has 0 aliphatic carbocycles. The van der Waals surface area contributed by atoms with Gasteiger partial charge in [0.1, 0.15) is 11.4 Å². The molecule has 8 heteroatoms. The predicted molar refractivity (Wildman–Crippen MR) is 108 cm³/mol. The number of hydrogen-bond donors (Lipinski definition) is 2. The zero-order valence-corrected chi connectivity index (χ0v) is 15.8. The number of ether oxygens (including phenoxy) is 1. The Balaban J connectivity index is 1.70. The SMILES string of the molecule is [C-]#[N+]c1cc(C#N)cc(Oc2c(Cn3cc4ccc(C#N)cc4c3O)n[nH]c2C)c1. The lowest BCUT2D eigenvalue weighted by atomic mass is 10.1. The zero-order valence-electron chi connectivity index (χ0n) is 15.8. The van der Waals surface area contributed by atoms with Crippen LogP contribution in [-0.4, -0.2) is 19.9 Å². The van der Waals surface area contributed by atoms with Crippen molar-refractivity contribution in [2.75, 3.05) is 0 Å². The van der Waals surface area contributed by atoms with Crippen LogP contribution in [0.1, 0.15) is 22.5 Å². The van der Waals surface area contributed by atoms with Crippen LogP contribution >= 0.6 is 0 Å². The molecule has 0 radical (unpaired) electrons. The van der Waals surface area contributed by atoms with Crippen molar-refractivity contribution >= 4 is 16.5 Å². The first-order valence-corrected chi connectivity index (χ1v) is 8.88. The largest absolute Gasteiger partial charge is 0.494 e. The first-order valence-electron chi connectivity index (χ1n) is 8.88. The number of aromatic nitrogens is 3. The molecule has 0 amide bonds. The molecule has 0 aliphatic rings. The molecular formula is C22H14N6O2. The molecule has 0 aliphatic heterocycles. The lowest BCUT2D eigenvalue weighted by molar-refractivity contribution is 0.425. The van der Waals surface area contributed by atoms with E-state index < -0.39 is 0 Å². The molecule has 30 heavy (non-hydrogen) atoms. The van der Waals surface area contributed by atoms with Crippen molar-refractivity contribution < 1.29 is 9.84 Å². The number of benzene rings is 2. The van der Waals surface area contributed by atoms with Crippen molar-refractivity contribution in [3.63, 3.8) is 0 Å². The first kappa shape index (κ1) is 18.6. The van der Waals surface area contributed by atoms with Gasteiger partial charge in [-0.1, -0.05) is 6.07 Å². The second-order valence-electron chi connectivity index (χ2n) is 6.66. The topological polar surface area (TPSA) is 115 Å². The Kier molecular flexibility index (Phi) is 4.56. The van der Waals surface area contributed by atoms with Gasteiger partial charge in [0.2, 0.25) is 0 Å². The lowest BCUT2D eigenvalue weighted by Crippen LogP contribution is -2.00. The molecule has 0 saturated carbocycles. The van der Waals surface area contributed by atoms with Crippen molar-refractivity contribution in [1.82, 2.24) is 14.8 Å². The van der Waals surface area contributed by atoms with Crippen molar-refractivity contribution in [3.05, 3.63) is 76.5 Å². The van der Waals surface area contributed by atoms with E-state index in [2.05, 4.69) is 21.1 Å². The third kappa shape index (κ3) is 3.28. The molecule has 4 aromatic rings. The molecule has 0 unspecified atom stereocenters. The summed E-state index contributed by atoms with van der Waals surface area (Å²) in [4.78, 5) is 3.37. The lowest BCUT2D eigenvalue weighted by Gasteiger charge is -2.09. The molecule has 2 heterocycles. The summed E-state index contributed by atoms with van der Waals surface area (Å²) in [7, 11) is 0. The van der Waals surface area contributed by atoms with Gasteiger partial charge in [-0.05, 0) is 37.3 Å². The summed E-state index contributed by atoms with van der Waals surface area (Å²) in [5, 5.41) is 37.4. The van der Waals surface area contributed by atoms with Crippen LogP contribution in [0.4, 0.5) is 5.69 Å². The van der Waals surface area contributed by atoms with Crippen molar-refractivity contribution in [2.24, 2.45) is 0 Å². The van der Waals surface area contributed by atoms with E-state index in [0.717, 1.165) is 5.39 Å². The minimum atomic E-state index is 0.0236. The summed E-state index contributed by atoms with van der Waals surface area (Å²) in [5.74, 6) is 0.831. The number of aryl methyl sites for hydroxylation is 1. The average Bonchev–Trinajstić information content (AvgIpc) is 3.27. The predicted octanol–water partition coefficient (Wildman–Crippen LogP) is 4.51.